The molecule has 1 amide bonds. The fourth-order valence-corrected chi connectivity index (χ4v) is 3.55. The molecule has 1 atom stereocenters. The molecular formula is C20H21N3O2. The second-order valence-corrected chi connectivity index (χ2v) is 6.69. The van der Waals surface area contributed by atoms with Crippen LogP contribution < -0.4 is 5.32 Å². The first-order valence-corrected chi connectivity index (χ1v) is 8.63. The van der Waals surface area contributed by atoms with E-state index in [9.17, 15) is 9.90 Å². The molecule has 2 heterocycles. The molecule has 0 bridgehead atoms. The van der Waals surface area contributed by atoms with E-state index >= 15 is 0 Å². The first kappa shape index (κ1) is 15.8. The number of aliphatic hydroxyl groups excluding tert-OH is 1. The van der Waals surface area contributed by atoms with E-state index < -0.39 is 0 Å². The summed E-state index contributed by atoms with van der Waals surface area (Å²) in [5.41, 5.74) is 1.90. The van der Waals surface area contributed by atoms with Crippen molar-refractivity contribution in [3.8, 4) is 0 Å². The third-order valence-corrected chi connectivity index (χ3v) is 4.94. The molecule has 1 unspecified atom stereocenters. The van der Waals surface area contributed by atoms with Gasteiger partial charge in [0.2, 0.25) is 5.91 Å². The van der Waals surface area contributed by atoms with Gasteiger partial charge in [-0.2, -0.15) is 0 Å². The normalized spacial score (nSPS) is 20.8. The summed E-state index contributed by atoms with van der Waals surface area (Å²) < 4.78 is 1.95. The van der Waals surface area contributed by atoms with Crippen LogP contribution in [0.2, 0.25) is 0 Å². The third-order valence-electron chi connectivity index (χ3n) is 4.94. The van der Waals surface area contributed by atoms with E-state index in [2.05, 4.69) is 10.3 Å². The molecule has 1 saturated carbocycles. The first-order chi connectivity index (χ1) is 12.2. The van der Waals surface area contributed by atoms with Gasteiger partial charge in [-0.3, -0.25) is 9.78 Å². The highest BCUT2D eigenvalue weighted by molar-refractivity contribution is 5.83. The van der Waals surface area contributed by atoms with E-state index in [0.29, 0.717) is 12.8 Å². The predicted molar refractivity (Wildman–Crippen MR) is 95.8 cm³/mol. The lowest BCUT2D eigenvalue weighted by atomic mass is 9.76. The number of para-hydroxylation sites is 1. The summed E-state index contributed by atoms with van der Waals surface area (Å²) in [4.78, 5) is 17.0. The van der Waals surface area contributed by atoms with Crippen LogP contribution in [0.3, 0.4) is 0 Å². The summed E-state index contributed by atoms with van der Waals surface area (Å²) in [7, 11) is 0. The Morgan fingerprint density at radius 1 is 1.20 bits per heavy atom. The Hall–Kier alpha value is -2.66. The van der Waals surface area contributed by atoms with Crippen molar-refractivity contribution in [3.63, 3.8) is 0 Å². The molecule has 5 heteroatoms. The van der Waals surface area contributed by atoms with Crippen LogP contribution in [0.5, 0.6) is 0 Å². The van der Waals surface area contributed by atoms with Gasteiger partial charge >= 0.3 is 0 Å². The number of carbonyl (C=O) groups is 1. The van der Waals surface area contributed by atoms with Crippen molar-refractivity contribution in [2.75, 3.05) is 0 Å². The molecule has 5 nitrogen and oxygen atoms in total. The maximum Gasteiger partial charge on any atom is 0.240 e. The lowest BCUT2D eigenvalue weighted by molar-refractivity contribution is -0.123. The maximum atomic E-state index is 12.6. The van der Waals surface area contributed by atoms with Gasteiger partial charge in [0.1, 0.15) is 6.54 Å². The van der Waals surface area contributed by atoms with Crippen molar-refractivity contribution in [2.45, 2.75) is 31.5 Å². The molecule has 0 radical (unpaired) electrons. The summed E-state index contributed by atoms with van der Waals surface area (Å²) in [6, 6.07) is 15.6. The highest BCUT2D eigenvalue weighted by Crippen LogP contribution is 2.37. The zero-order valence-corrected chi connectivity index (χ0v) is 13.9. The molecule has 0 spiro atoms. The van der Waals surface area contributed by atoms with Crippen molar-refractivity contribution in [1.82, 2.24) is 14.9 Å². The highest BCUT2D eigenvalue weighted by atomic mass is 16.3. The molecule has 1 fully saturated rings. The largest absolute Gasteiger partial charge is 0.393 e. The summed E-state index contributed by atoms with van der Waals surface area (Å²) in [6.45, 7) is 0.270. The molecule has 1 aliphatic rings. The van der Waals surface area contributed by atoms with E-state index in [1.807, 2.05) is 59.3 Å². The van der Waals surface area contributed by atoms with Crippen LogP contribution in [0.4, 0.5) is 0 Å². The van der Waals surface area contributed by atoms with Crippen molar-refractivity contribution >= 4 is 16.8 Å². The molecule has 25 heavy (non-hydrogen) atoms. The SMILES string of the molecule is O=C(Cn1ccc2ccccc21)NC(c1ccccn1)C1CC(O)C1. The lowest BCUT2D eigenvalue weighted by Gasteiger charge is -2.37. The van der Waals surface area contributed by atoms with Gasteiger partial charge in [-0.05, 0) is 48.4 Å². The van der Waals surface area contributed by atoms with Crippen LogP contribution in [-0.4, -0.2) is 26.7 Å². The number of fused-ring (bicyclic) bond motifs is 1. The number of hydrogen-bond acceptors (Lipinski definition) is 3. The molecule has 128 valence electrons. The summed E-state index contributed by atoms with van der Waals surface area (Å²) >= 11 is 0. The number of aliphatic hydroxyl groups is 1. The zero-order chi connectivity index (χ0) is 17.2. The van der Waals surface area contributed by atoms with Crippen LogP contribution in [-0.2, 0) is 11.3 Å². The maximum absolute atomic E-state index is 12.6. The van der Waals surface area contributed by atoms with E-state index in [1.54, 1.807) is 6.20 Å². The number of hydrogen-bond donors (Lipinski definition) is 2. The van der Waals surface area contributed by atoms with Gasteiger partial charge in [0.15, 0.2) is 0 Å². The van der Waals surface area contributed by atoms with Crippen LogP contribution in [0.1, 0.15) is 24.6 Å². The average molecular weight is 335 g/mol. The molecule has 3 aromatic rings. The number of nitrogens with zero attached hydrogens (tertiary/aromatic N) is 2. The van der Waals surface area contributed by atoms with Crippen LogP contribution >= 0.6 is 0 Å². The minimum atomic E-state index is -0.262. The zero-order valence-electron chi connectivity index (χ0n) is 13.9. The second kappa shape index (κ2) is 6.69. The van der Waals surface area contributed by atoms with Crippen molar-refractivity contribution in [1.29, 1.82) is 0 Å². The number of carbonyl (C=O) groups excluding carboxylic acids is 1. The van der Waals surface area contributed by atoms with Gasteiger partial charge in [0, 0.05) is 17.9 Å². The van der Waals surface area contributed by atoms with E-state index in [0.717, 1.165) is 16.6 Å². The Balaban J connectivity index is 1.50. The van der Waals surface area contributed by atoms with E-state index in [-0.39, 0.29) is 30.5 Å². The average Bonchev–Trinajstić information content (AvgIpc) is 3.01. The van der Waals surface area contributed by atoms with E-state index in [4.69, 9.17) is 0 Å². The quantitative estimate of drug-likeness (QED) is 0.753. The fraction of sp³-hybridized carbons (Fsp3) is 0.300. The molecular weight excluding hydrogens is 314 g/mol. The molecule has 2 aromatic heterocycles. The van der Waals surface area contributed by atoms with Gasteiger partial charge < -0.3 is 15.0 Å². The monoisotopic (exact) mass is 335 g/mol. The summed E-state index contributed by atoms with van der Waals surface area (Å²) in [5.74, 6) is 0.189. The minimum absolute atomic E-state index is 0.0432. The van der Waals surface area contributed by atoms with Crippen LogP contribution in [0.25, 0.3) is 10.9 Å². The van der Waals surface area contributed by atoms with Gasteiger partial charge in [0.25, 0.3) is 0 Å². The Kier molecular flexibility index (Phi) is 4.24. The Morgan fingerprint density at radius 2 is 2.00 bits per heavy atom. The molecule has 4 rings (SSSR count). The number of rotatable bonds is 5. The van der Waals surface area contributed by atoms with Gasteiger partial charge in [-0.15, -0.1) is 0 Å². The van der Waals surface area contributed by atoms with Crippen molar-refractivity contribution in [2.24, 2.45) is 5.92 Å². The van der Waals surface area contributed by atoms with Gasteiger partial charge in [-0.1, -0.05) is 24.3 Å². The Bertz CT molecular complexity index is 869. The summed E-state index contributed by atoms with van der Waals surface area (Å²) in [5, 5.41) is 13.9. The fourth-order valence-electron chi connectivity index (χ4n) is 3.55. The number of pyridine rings is 1. The molecule has 2 N–H and O–H groups in total. The second-order valence-electron chi connectivity index (χ2n) is 6.69. The predicted octanol–water partition coefficient (Wildman–Crippen LogP) is 2.66. The third kappa shape index (κ3) is 3.28. The smallest absolute Gasteiger partial charge is 0.240 e. The number of amides is 1. The lowest BCUT2D eigenvalue weighted by Crippen LogP contribution is -2.42. The van der Waals surface area contributed by atoms with Gasteiger partial charge in [0.05, 0.1) is 17.8 Å². The topological polar surface area (TPSA) is 67.2 Å². The first-order valence-electron chi connectivity index (χ1n) is 8.63. The van der Waals surface area contributed by atoms with Crippen LogP contribution in [0, 0.1) is 5.92 Å². The minimum Gasteiger partial charge on any atom is -0.393 e. The van der Waals surface area contributed by atoms with Crippen LogP contribution in [0.15, 0.2) is 60.9 Å². The molecule has 0 aliphatic heterocycles. The molecule has 1 aromatic carbocycles. The standard InChI is InChI=1S/C20H21N3O2/c24-16-11-15(12-16)20(17-6-3-4-9-21-17)22-19(25)13-23-10-8-14-5-1-2-7-18(14)23/h1-10,15-16,20,24H,11-13H2,(H,22,25). The number of aromatic nitrogens is 2. The van der Waals surface area contributed by atoms with Gasteiger partial charge in [-0.25, -0.2) is 0 Å². The Morgan fingerprint density at radius 3 is 2.76 bits per heavy atom. The van der Waals surface area contributed by atoms with E-state index in [1.165, 1.54) is 0 Å². The molecule has 1 aliphatic carbocycles. The molecule has 0 saturated heterocycles. The van der Waals surface area contributed by atoms with Crippen molar-refractivity contribution in [3.05, 3.63) is 66.6 Å². The number of nitrogens with one attached hydrogen (secondary N) is 1. The summed E-state index contributed by atoms with van der Waals surface area (Å²) in [6.07, 6.45) is 4.82. The number of benzene rings is 1. The van der Waals surface area contributed by atoms with Crippen molar-refractivity contribution < 1.29 is 9.90 Å². The Labute approximate surface area is 146 Å². The highest BCUT2D eigenvalue weighted by Gasteiger charge is 2.36.